The largest absolute Gasteiger partial charge is 0.309 e. The third kappa shape index (κ3) is 4.14. The van der Waals surface area contributed by atoms with E-state index < -0.39 is 0 Å². The van der Waals surface area contributed by atoms with E-state index in [0.717, 1.165) is 66.5 Å². The van der Waals surface area contributed by atoms with Crippen molar-refractivity contribution in [2.45, 2.75) is 0 Å². The van der Waals surface area contributed by atoms with Crippen LogP contribution in [0, 0.1) is 17.9 Å². The van der Waals surface area contributed by atoms with Crippen LogP contribution in [0.15, 0.2) is 158 Å². The standard InChI is InChI=1S/C44H26N4/c1-46-39-17-7-2-12-33(39)30-25-31(27-32(26-30)47-41-19-9-4-14-35(41)36-15-5-10-20-42(36)47)34-13-3-8-18-40(34)48-43-21-11-6-16-37(43)38-24-29(28-45)22-23-44(38)48/h2-27H. The predicted molar refractivity (Wildman–Crippen MR) is 197 cm³/mol. The van der Waals surface area contributed by atoms with Crippen LogP contribution >= 0.6 is 0 Å². The number of fused-ring (bicyclic) bond motifs is 6. The number of aromatic nitrogens is 2. The summed E-state index contributed by atoms with van der Waals surface area (Å²) in [6.07, 6.45) is 0. The van der Waals surface area contributed by atoms with Crippen LogP contribution in [0.4, 0.5) is 5.69 Å². The summed E-state index contributed by atoms with van der Waals surface area (Å²) in [6, 6.07) is 56.7. The van der Waals surface area contributed by atoms with Gasteiger partial charge in [0.25, 0.3) is 0 Å². The molecule has 0 atom stereocenters. The van der Waals surface area contributed by atoms with Gasteiger partial charge in [0, 0.05) is 32.8 Å². The van der Waals surface area contributed by atoms with Gasteiger partial charge in [-0.05, 0) is 77.4 Å². The number of nitriles is 1. The van der Waals surface area contributed by atoms with E-state index in [0.29, 0.717) is 11.3 Å². The molecule has 222 valence electrons. The van der Waals surface area contributed by atoms with Crippen LogP contribution in [0.3, 0.4) is 0 Å². The Labute approximate surface area is 277 Å². The fourth-order valence-electron chi connectivity index (χ4n) is 7.28. The molecule has 4 nitrogen and oxygen atoms in total. The van der Waals surface area contributed by atoms with Crippen LogP contribution in [0.1, 0.15) is 5.56 Å². The molecule has 9 rings (SSSR count). The molecular formula is C44H26N4. The van der Waals surface area contributed by atoms with Crippen molar-refractivity contribution in [2.24, 2.45) is 0 Å². The number of nitrogens with zero attached hydrogens (tertiary/aromatic N) is 4. The molecule has 0 bridgehead atoms. The predicted octanol–water partition coefficient (Wildman–Crippen LogP) is 11.6. The molecule has 0 fully saturated rings. The van der Waals surface area contributed by atoms with E-state index >= 15 is 0 Å². The van der Waals surface area contributed by atoms with Crippen molar-refractivity contribution < 1.29 is 0 Å². The summed E-state index contributed by atoms with van der Waals surface area (Å²) in [5.74, 6) is 0. The fraction of sp³-hybridized carbons (Fsp3) is 0. The number of hydrogen-bond donors (Lipinski definition) is 0. The first-order valence-electron chi connectivity index (χ1n) is 15.9. The first-order chi connectivity index (χ1) is 23.7. The van der Waals surface area contributed by atoms with Gasteiger partial charge in [0.1, 0.15) is 0 Å². The summed E-state index contributed by atoms with van der Waals surface area (Å²) in [4.78, 5) is 3.90. The maximum absolute atomic E-state index is 9.70. The second kappa shape index (κ2) is 10.9. The minimum atomic E-state index is 0.617. The van der Waals surface area contributed by atoms with Crippen molar-refractivity contribution >= 4 is 49.3 Å². The Morgan fingerprint density at radius 1 is 0.479 bits per heavy atom. The van der Waals surface area contributed by atoms with Crippen LogP contribution in [0.2, 0.25) is 0 Å². The molecule has 0 N–H and O–H groups in total. The van der Waals surface area contributed by atoms with Crippen LogP contribution in [0.25, 0.3) is 82.1 Å². The summed E-state index contributed by atoms with van der Waals surface area (Å²) in [5, 5.41) is 14.2. The maximum atomic E-state index is 9.70. The van der Waals surface area contributed by atoms with Crippen molar-refractivity contribution in [2.75, 3.05) is 0 Å². The van der Waals surface area contributed by atoms with Gasteiger partial charge in [0.2, 0.25) is 0 Å². The lowest BCUT2D eigenvalue weighted by molar-refractivity contribution is 1.17. The van der Waals surface area contributed by atoms with E-state index in [2.05, 4.69) is 135 Å². The lowest BCUT2D eigenvalue weighted by Gasteiger charge is -2.18. The molecule has 0 amide bonds. The smallest absolute Gasteiger partial charge is 0.194 e. The molecule has 2 aromatic heterocycles. The first-order valence-corrected chi connectivity index (χ1v) is 15.9. The Balaban J connectivity index is 1.37. The van der Waals surface area contributed by atoms with E-state index in [9.17, 15) is 5.26 Å². The quantitative estimate of drug-likeness (QED) is 0.183. The van der Waals surface area contributed by atoms with E-state index in [-0.39, 0.29) is 0 Å². The molecule has 48 heavy (non-hydrogen) atoms. The molecule has 2 heterocycles. The highest BCUT2D eigenvalue weighted by atomic mass is 15.0. The lowest BCUT2D eigenvalue weighted by atomic mass is 9.95. The number of rotatable bonds is 4. The number of para-hydroxylation sites is 5. The molecule has 0 unspecified atom stereocenters. The van der Waals surface area contributed by atoms with Gasteiger partial charge < -0.3 is 9.13 Å². The first kappa shape index (κ1) is 27.4. The molecule has 7 aromatic carbocycles. The van der Waals surface area contributed by atoms with Crippen LogP contribution in [-0.2, 0) is 0 Å². The Kier molecular flexibility index (Phi) is 6.22. The molecule has 0 spiro atoms. The molecule has 0 aliphatic carbocycles. The zero-order chi connectivity index (χ0) is 32.2. The zero-order valence-electron chi connectivity index (χ0n) is 25.8. The summed E-state index contributed by atoms with van der Waals surface area (Å²) in [7, 11) is 0. The third-order valence-corrected chi connectivity index (χ3v) is 9.35. The molecule has 0 radical (unpaired) electrons. The molecule has 4 heteroatoms. The molecule has 9 aromatic rings. The van der Waals surface area contributed by atoms with Crippen LogP contribution in [0.5, 0.6) is 0 Å². The second-order valence-corrected chi connectivity index (χ2v) is 12.0. The van der Waals surface area contributed by atoms with Crippen molar-refractivity contribution in [1.29, 1.82) is 5.26 Å². The van der Waals surface area contributed by atoms with Gasteiger partial charge in [0.15, 0.2) is 5.69 Å². The van der Waals surface area contributed by atoms with Crippen molar-refractivity contribution in [3.05, 3.63) is 175 Å². The highest BCUT2D eigenvalue weighted by molar-refractivity contribution is 6.11. The van der Waals surface area contributed by atoms with Gasteiger partial charge in [-0.15, -0.1) is 0 Å². The molecular weight excluding hydrogens is 585 g/mol. The summed E-state index contributed by atoms with van der Waals surface area (Å²) in [5.41, 5.74) is 11.7. The van der Waals surface area contributed by atoms with Gasteiger partial charge in [-0.3, -0.25) is 0 Å². The average molecular weight is 611 g/mol. The normalized spacial score (nSPS) is 11.3. The highest BCUT2D eigenvalue weighted by Crippen LogP contribution is 2.41. The Hall–Kier alpha value is -6.88. The summed E-state index contributed by atoms with van der Waals surface area (Å²) >= 11 is 0. The SMILES string of the molecule is [C-]#[N+]c1ccccc1-c1cc(-c2ccccc2-n2c3ccccc3c3cc(C#N)ccc32)cc(-n2c3ccccc3c3ccccc32)c1. The van der Waals surface area contributed by atoms with Gasteiger partial charge in [0.05, 0.1) is 46.0 Å². The molecule has 0 saturated heterocycles. The second-order valence-electron chi connectivity index (χ2n) is 12.0. The highest BCUT2D eigenvalue weighted by Gasteiger charge is 2.19. The fourth-order valence-corrected chi connectivity index (χ4v) is 7.28. The lowest BCUT2D eigenvalue weighted by Crippen LogP contribution is -1.99. The minimum Gasteiger partial charge on any atom is -0.309 e. The van der Waals surface area contributed by atoms with Crippen LogP contribution in [-0.4, -0.2) is 9.13 Å². The molecule has 0 saturated carbocycles. The topological polar surface area (TPSA) is 38.0 Å². The average Bonchev–Trinajstić information content (AvgIpc) is 3.67. The Bertz CT molecular complexity index is 2760. The summed E-state index contributed by atoms with van der Waals surface area (Å²) < 4.78 is 4.64. The summed E-state index contributed by atoms with van der Waals surface area (Å²) in [6.45, 7) is 7.97. The van der Waals surface area contributed by atoms with Crippen LogP contribution < -0.4 is 0 Å². The number of hydrogen-bond acceptors (Lipinski definition) is 1. The number of benzene rings is 7. The molecule has 0 aliphatic heterocycles. The van der Waals surface area contributed by atoms with E-state index in [1.807, 2.05) is 42.5 Å². The van der Waals surface area contributed by atoms with Gasteiger partial charge in [-0.2, -0.15) is 5.26 Å². The van der Waals surface area contributed by atoms with Gasteiger partial charge in [-0.25, -0.2) is 4.85 Å². The maximum Gasteiger partial charge on any atom is 0.194 e. The van der Waals surface area contributed by atoms with Crippen molar-refractivity contribution in [3.63, 3.8) is 0 Å². The van der Waals surface area contributed by atoms with E-state index in [1.165, 1.54) is 10.8 Å². The van der Waals surface area contributed by atoms with Crippen molar-refractivity contribution in [1.82, 2.24) is 9.13 Å². The van der Waals surface area contributed by atoms with Gasteiger partial charge >= 0.3 is 0 Å². The third-order valence-electron chi connectivity index (χ3n) is 9.35. The van der Waals surface area contributed by atoms with Crippen molar-refractivity contribution in [3.8, 4) is 39.7 Å². The Morgan fingerprint density at radius 3 is 1.67 bits per heavy atom. The molecule has 0 aliphatic rings. The van der Waals surface area contributed by atoms with E-state index in [1.54, 1.807) is 0 Å². The monoisotopic (exact) mass is 610 g/mol. The minimum absolute atomic E-state index is 0.617. The zero-order valence-corrected chi connectivity index (χ0v) is 25.8. The van der Waals surface area contributed by atoms with E-state index in [4.69, 9.17) is 6.57 Å². The Morgan fingerprint density at radius 2 is 1.00 bits per heavy atom. The van der Waals surface area contributed by atoms with Gasteiger partial charge in [-0.1, -0.05) is 97.1 Å².